The van der Waals surface area contributed by atoms with E-state index >= 15 is 0 Å². The highest BCUT2D eigenvalue weighted by atomic mass is 19.1. The van der Waals surface area contributed by atoms with E-state index in [0.717, 1.165) is 5.56 Å². The molecule has 6 heteroatoms. The highest BCUT2D eigenvalue weighted by Gasteiger charge is 2.05. The average Bonchev–Trinajstić information content (AvgIpc) is 2.39. The number of nitrogens with zero attached hydrogens (tertiary/aromatic N) is 1. The van der Waals surface area contributed by atoms with Gasteiger partial charge in [-0.2, -0.15) is 0 Å². The molecule has 0 aliphatic rings. The molecule has 0 saturated carbocycles. The Labute approximate surface area is 119 Å². The van der Waals surface area contributed by atoms with Crippen molar-refractivity contribution in [2.75, 3.05) is 20.3 Å². The molecule has 1 rings (SSSR count). The van der Waals surface area contributed by atoms with Gasteiger partial charge in [0.25, 0.3) is 0 Å². The van der Waals surface area contributed by atoms with E-state index in [9.17, 15) is 4.39 Å². The molecule has 1 unspecified atom stereocenters. The summed E-state index contributed by atoms with van der Waals surface area (Å²) < 4.78 is 23.8. The number of hydrogen-bond acceptors (Lipinski definition) is 3. The van der Waals surface area contributed by atoms with Gasteiger partial charge >= 0.3 is 0 Å². The predicted molar refractivity (Wildman–Crippen MR) is 77.4 cm³/mol. The van der Waals surface area contributed by atoms with Gasteiger partial charge in [-0.05, 0) is 31.5 Å². The van der Waals surface area contributed by atoms with Crippen LogP contribution in [0.25, 0.3) is 0 Å². The number of ether oxygens (including phenoxy) is 2. The van der Waals surface area contributed by atoms with Gasteiger partial charge in [-0.25, -0.2) is 9.38 Å². The van der Waals surface area contributed by atoms with E-state index in [1.54, 1.807) is 19.2 Å². The number of nitrogens with one attached hydrogen (secondary N) is 1. The molecular formula is C14H22FN3O2. The summed E-state index contributed by atoms with van der Waals surface area (Å²) in [5.74, 6) is 0.169. The molecule has 3 N–H and O–H groups in total. The van der Waals surface area contributed by atoms with E-state index in [4.69, 9.17) is 15.2 Å². The largest absolute Gasteiger partial charge is 0.491 e. The van der Waals surface area contributed by atoms with Crippen molar-refractivity contribution < 1.29 is 13.9 Å². The maximum Gasteiger partial charge on any atom is 0.189 e. The van der Waals surface area contributed by atoms with Gasteiger partial charge < -0.3 is 20.5 Å². The van der Waals surface area contributed by atoms with Crippen LogP contribution in [0.5, 0.6) is 5.75 Å². The number of hydrogen-bond donors (Lipinski definition) is 2. The minimum Gasteiger partial charge on any atom is -0.491 e. The third kappa shape index (κ3) is 5.44. The van der Waals surface area contributed by atoms with Crippen LogP contribution < -0.4 is 15.8 Å². The zero-order valence-electron chi connectivity index (χ0n) is 12.1. The van der Waals surface area contributed by atoms with E-state index in [2.05, 4.69) is 10.3 Å². The first-order valence-electron chi connectivity index (χ1n) is 6.53. The second kappa shape index (κ2) is 8.37. The van der Waals surface area contributed by atoms with Crippen molar-refractivity contribution in [1.82, 2.24) is 5.32 Å². The smallest absolute Gasteiger partial charge is 0.189 e. The maximum absolute atomic E-state index is 13.6. The molecule has 0 saturated heterocycles. The minimum atomic E-state index is -0.390. The first kappa shape index (κ1) is 16.2. The molecule has 0 spiro atoms. The van der Waals surface area contributed by atoms with Crippen LogP contribution >= 0.6 is 0 Å². The Morgan fingerprint density at radius 1 is 1.50 bits per heavy atom. The van der Waals surface area contributed by atoms with E-state index < -0.39 is 0 Å². The summed E-state index contributed by atoms with van der Waals surface area (Å²) in [5, 5.41) is 2.98. The molecule has 0 fully saturated rings. The first-order valence-corrected chi connectivity index (χ1v) is 6.53. The third-order valence-electron chi connectivity index (χ3n) is 2.54. The Balaban J connectivity index is 2.58. The number of guanidine groups is 1. The molecule has 0 aliphatic heterocycles. The van der Waals surface area contributed by atoms with Gasteiger partial charge in [0.05, 0.1) is 19.8 Å². The van der Waals surface area contributed by atoms with Crippen LogP contribution in [0.1, 0.15) is 19.4 Å². The number of halogens is 1. The lowest BCUT2D eigenvalue weighted by atomic mass is 10.2. The third-order valence-corrected chi connectivity index (χ3v) is 2.54. The summed E-state index contributed by atoms with van der Waals surface area (Å²) >= 11 is 0. The van der Waals surface area contributed by atoms with Crippen molar-refractivity contribution in [2.24, 2.45) is 10.7 Å². The zero-order chi connectivity index (χ0) is 15.0. The fourth-order valence-corrected chi connectivity index (χ4v) is 1.68. The van der Waals surface area contributed by atoms with Crippen molar-refractivity contribution in [1.29, 1.82) is 0 Å². The number of methoxy groups -OCH3 is 1. The number of aliphatic imine (C=N–C) groups is 1. The van der Waals surface area contributed by atoms with Crippen LogP contribution in [-0.4, -0.2) is 32.3 Å². The molecule has 0 radical (unpaired) electrons. The SMILES string of the molecule is CCOc1ccc(CN=C(N)NC(C)COC)cc1F. The van der Waals surface area contributed by atoms with E-state index in [0.29, 0.717) is 25.7 Å². The molecule has 0 bridgehead atoms. The van der Waals surface area contributed by atoms with Gasteiger partial charge in [0.2, 0.25) is 0 Å². The van der Waals surface area contributed by atoms with Crippen molar-refractivity contribution >= 4 is 5.96 Å². The molecule has 0 heterocycles. The quantitative estimate of drug-likeness (QED) is 0.590. The van der Waals surface area contributed by atoms with Crippen molar-refractivity contribution in [3.63, 3.8) is 0 Å². The molecule has 0 aromatic heterocycles. The normalized spacial score (nSPS) is 13.1. The summed E-state index contributed by atoms with van der Waals surface area (Å²) in [5.41, 5.74) is 6.46. The van der Waals surface area contributed by atoms with Crippen molar-refractivity contribution in [3.05, 3.63) is 29.6 Å². The molecule has 1 atom stereocenters. The van der Waals surface area contributed by atoms with Crippen LogP contribution in [0.3, 0.4) is 0 Å². The Hall–Kier alpha value is -1.82. The Bertz CT molecular complexity index is 452. The summed E-state index contributed by atoms with van der Waals surface area (Å²) in [4.78, 5) is 4.15. The van der Waals surface area contributed by atoms with Gasteiger partial charge in [-0.1, -0.05) is 6.07 Å². The number of nitrogens with two attached hydrogens (primary N) is 1. The summed E-state index contributed by atoms with van der Waals surface area (Å²) in [7, 11) is 1.62. The number of rotatable bonds is 7. The summed E-state index contributed by atoms with van der Waals surface area (Å²) in [6.07, 6.45) is 0. The van der Waals surface area contributed by atoms with Crippen LogP contribution in [0, 0.1) is 5.82 Å². The molecule has 0 aliphatic carbocycles. The molecule has 0 amide bonds. The van der Waals surface area contributed by atoms with Gasteiger partial charge in [0.15, 0.2) is 17.5 Å². The maximum atomic E-state index is 13.6. The van der Waals surface area contributed by atoms with Crippen molar-refractivity contribution in [3.8, 4) is 5.75 Å². The number of benzene rings is 1. The van der Waals surface area contributed by atoms with E-state index in [1.807, 2.05) is 13.8 Å². The van der Waals surface area contributed by atoms with E-state index in [-0.39, 0.29) is 17.6 Å². The lowest BCUT2D eigenvalue weighted by Crippen LogP contribution is -2.40. The minimum absolute atomic E-state index is 0.0702. The summed E-state index contributed by atoms with van der Waals surface area (Å²) in [6.45, 7) is 5.02. The average molecular weight is 283 g/mol. The molecule has 112 valence electrons. The highest BCUT2D eigenvalue weighted by Crippen LogP contribution is 2.18. The fourth-order valence-electron chi connectivity index (χ4n) is 1.68. The Morgan fingerprint density at radius 3 is 2.85 bits per heavy atom. The Morgan fingerprint density at radius 2 is 2.25 bits per heavy atom. The van der Waals surface area contributed by atoms with Gasteiger partial charge in [0, 0.05) is 13.2 Å². The van der Waals surface area contributed by atoms with E-state index in [1.165, 1.54) is 6.07 Å². The first-order chi connectivity index (χ1) is 9.56. The zero-order valence-corrected chi connectivity index (χ0v) is 12.1. The topological polar surface area (TPSA) is 68.9 Å². The fraction of sp³-hybridized carbons (Fsp3) is 0.500. The van der Waals surface area contributed by atoms with Crippen LogP contribution in [0.15, 0.2) is 23.2 Å². The second-order valence-electron chi connectivity index (χ2n) is 4.40. The molecular weight excluding hydrogens is 261 g/mol. The molecule has 1 aromatic rings. The van der Waals surface area contributed by atoms with Gasteiger partial charge in [-0.3, -0.25) is 0 Å². The van der Waals surface area contributed by atoms with Crippen LogP contribution in [0.4, 0.5) is 4.39 Å². The van der Waals surface area contributed by atoms with Crippen molar-refractivity contribution in [2.45, 2.75) is 26.4 Å². The van der Waals surface area contributed by atoms with Crippen LogP contribution in [-0.2, 0) is 11.3 Å². The lowest BCUT2D eigenvalue weighted by Gasteiger charge is -2.13. The standard InChI is InChI=1S/C14H22FN3O2/c1-4-20-13-6-5-11(7-12(13)15)8-17-14(16)18-10(2)9-19-3/h5-7,10H,4,8-9H2,1-3H3,(H3,16,17,18). The molecule has 20 heavy (non-hydrogen) atoms. The monoisotopic (exact) mass is 283 g/mol. The predicted octanol–water partition coefficient (Wildman–Crippen LogP) is 1.66. The highest BCUT2D eigenvalue weighted by molar-refractivity contribution is 5.78. The lowest BCUT2D eigenvalue weighted by molar-refractivity contribution is 0.179. The van der Waals surface area contributed by atoms with Crippen LogP contribution in [0.2, 0.25) is 0 Å². The van der Waals surface area contributed by atoms with Gasteiger partial charge in [0.1, 0.15) is 0 Å². The molecule has 5 nitrogen and oxygen atoms in total. The Kier molecular flexibility index (Phi) is 6.79. The second-order valence-corrected chi connectivity index (χ2v) is 4.40. The van der Waals surface area contributed by atoms with Gasteiger partial charge in [-0.15, -0.1) is 0 Å². The molecule has 1 aromatic carbocycles. The summed E-state index contributed by atoms with van der Waals surface area (Å²) in [6, 6.07) is 4.84.